The van der Waals surface area contributed by atoms with Crippen LogP contribution in [0.4, 0.5) is 16.1 Å². The molecule has 0 saturated heterocycles. The van der Waals surface area contributed by atoms with Crippen molar-refractivity contribution in [2.24, 2.45) is 0 Å². The predicted octanol–water partition coefficient (Wildman–Crippen LogP) is 3.73. The predicted molar refractivity (Wildman–Crippen MR) is 95.9 cm³/mol. The van der Waals surface area contributed by atoms with Crippen molar-refractivity contribution in [3.05, 3.63) is 47.9 Å². The van der Waals surface area contributed by atoms with Gasteiger partial charge in [-0.25, -0.2) is 4.39 Å². The summed E-state index contributed by atoms with van der Waals surface area (Å²) in [6.45, 7) is 3.76. The average Bonchev–Trinajstić information content (AvgIpc) is 3.18. The van der Waals surface area contributed by atoms with Crippen molar-refractivity contribution in [3.63, 3.8) is 0 Å². The Hall–Kier alpha value is -3.42. The van der Waals surface area contributed by atoms with E-state index in [9.17, 15) is 9.18 Å². The van der Waals surface area contributed by atoms with Crippen molar-refractivity contribution >= 4 is 39.6 Å². The summed E-state index contributed by atoms with van der Waals surface area (Å²) in [5.74, 6) is -0.704. The van der Waals surface area contributed by atoms with Crippen molar-refractivity contribution in [3.8, 4) is 0 Å². The molecule has 2 aromatic carbocycles. The molecule has 26 heavy (non-hydrogen) atoms. The monoisotopic (exact) mass is 353 g/mol. The van der Waals surface area contributed by atoms with Crippen LogP contribution in [0.2, 0.25) is 0 Å². The molecule has 0 spiro atoms. The van der Waals surface area contributed by atoms with E-state index in [1.807, 2.05) is 13.8 Å². The van der Waals surface area contributed by atoms with E-state index >= 15 is 0 Å². The van der Waals surface area contributed by atoms with Crippen molar-refractivity contribution in [2.75, 3.05) is 5.32 Å². The van der Waals surface area contributed by atoms with E-state index in [0.717, 1.165) is 5.52 Å². The fraction of sp³-hybridized carbons (Fsp3) is 0.167. The standard InChI is InChI=1S/C18H16FN5O2/c1-9(2)20-17(25)15-11-8-10(6-7-13(11)23-24-15)21-18-22-16-12(19)4-3-5-14(16)26-18/h3-9H,1-2H3,(H,20,25)(H,21,22)(H,23,24). The molecule has 7 nitrogen and oxygen atoms in total. The first-order valence-corrected chi connectivity index (χ1v) is 8.12. The number of nitrogens with one attached hydrogen (secondary N) is 3. The Morgan fingerprint density at radius 3 is 2.88 bits per heavy atom. The highest BCUT2D eigenvalue weighted by Gasteiger charge is 2.16. The average molecular weight is 353 g/mol. The molecule has 8 heteroatoms. The lowest BCUT2D eigenvalue weighted by Gasteiger charge is -2.06. The second kappa shape index (κ2) is 6.14. The van der Waals surface area contributed by atoms with E-state index in [1.54, 1.807) is 30.3 Å². The van der Waals surface area contributed by atoms with Gasteiger partial charge in [0.2, 0.25) is 0 Å². The Labute approximate surface area is 147 Å². The Morgan fingerprint density at radius 1 is 1.27 bits per heavy atom. The summed E-state index contributed by atoms with van der Waals surface area (Å²) in [6.07, 6.45) is 0. The van der Waals surface area contributed by atoms with Crippen molar-refractivity contribution < 1.29 is 13.6 Å². The highest BCUT2D eigenvalue weighted by atomic mass is 19.1. The molecule has 0 aliphatic heterocycles. The number of nitrogens with zero attached hydrogens (tertiary/aromatic N) is 2. The molecule has 0 saturated carbocycles. The molecule has 1 amide bonds. The molecule has 3 N–H and O–H groups in total. The van der Waals surface area contributed by atoms with Crippen LogP contribution < -0.4 is 10.6 Å². The van der Waals surface area contributed by atoms with Crippen LogP contribution in [-0.2, 0) is 0 Å². The van der Waals surface area contributed by atoms with Gasteiger partial charge in [0.15, 0.2) is 17.1 Å². The van der Waals surface area contributed by atoms with E-state index < -0.39 is 5.82 Å². The zero-order chi connectivity index (χ0) is 18.3. The number of amides is 1. The number of carbonyl (C=O) groups excluding carboxylic acids is 1. The molecular formula is C18H16FN5O2. The molecule has 0 unspecified atom stereocenters. The van der Waals surface area contributed by atoms with Crippen LogP contribution in [-0.4, -0.2) is 27.1 Å². The molecule has 2 aromatic heterocycles. The molecule has 0 bridgehead atoms. The minimum absolute atomic E-state index is 0.00482. The van der Waals surface area contributed by atoms with Crippen LogP contribution in [0.5, 0.6) is 0 Å². The van der Waals surface area contributed by atoms with Crippen molar-refractivity contribution in [1.29, 1.82) is 0 Å². The number of fused-ring (bicyclic) bond motifs is 2. The number of carbonyl (C=O) groups is 1. The van der Waals surface area contributed by atoms with Crippen molar-refractivity contribution in [1.82, 2.24) is 20.5 Å². The molecule has 0 aliphatic carbocycles. The number of benzene rings is 2. The smallest absolute Gasteiger partial charge is 0.300 e. The van der Waals surface area contributed by atoms with Gasteiger partial charge in [-0.05, 0) is 44.2 Å². The van der Waals surface area contributed by atoms with Gasteiger partial charge in [-0.3, -0.25) is 9.89 Å². The fourth-order valence-corrected chi connectivity index (χ4v) is 2.69. The molecule has 4 aromatic rings. The number of hydrogen-bond acceptors (Lipinski definition) is 5. The Bertz CT molecular complexity index is 1120. The van der Waals surface area contributed by atoms with Crippen LogP contribution in [0, 0.1) is 5.82 Å². The maximum atomic E-state index is 13.7. The highest BCUT2D eigenvalue weighted by Crippen LogP contribution is 2.26. The topological polar surface area (TPSA) is 95.8 Å². The third kappa shape index (κ3) is 2.85. The number of aromatic amines is 1. The van der Waals surface area contributed by atoms with E-state index in [4.69, 9.17) is 4.42 Å². The Morgan fingerprint density at radius 2 is 2.12 bits per heavy atom. The summed E-state index contributed by atoms with van der Waals surface area (Å²) >= 11 is 0. The first kappa shape index (κ1) is 16.1. The van der Waals surface area contributed by atoms with Gasteiger partial charge in [0.1, 0.15) is 5.52 Å². The molecule has 132 valence electrons. The fourth-order valence-electron chi connectivity index (χ4n) is 2.69. The number of aromatic nitrogens is 3. The zero-order valence-electron chi connectivity index (χ0n) is 14.1. The summed E-state index contributed by atoms with van der Waals surface area (Å²) in [6, 6.07) is 10.0. The molecule has 4 rings (SSSR count). The molecule has 0 radical (unpaired) electrons. The largest absolute Gasteiger partial charge is 0.423 e. The number of oxazole rings is 1. The summed E-state index contributed by atoms with van der Waals surface area (Å²) < 4.78 is 19.3. The minimum Gasteiger partial charge on any atom is -0.423 e. The summed E-state index contributed by atoms with van der Waals surface area (Å²) in [5, 5.41) is 13.4. The summed E-state index contributed by atoms with van der Waals surface area (Å²) in [4.78, 5) is 16.4. The lowest BCUT2D eigenvalue weighted by Crippen LogP contribution is -2.30. The lowest BCUT2D eigenvalue weighted by atomic mass is 10.1. The second-order valence-corrected chi connectivity index (χ2v) is 6.19. The van der Waals surface area contributed by atoms with E-state index in [1.165, 1.54) is 6.07 Å². The van der Waals surface area contributed by atoms with E-state index in [-0.39, 0.29) is 23.5 Å². The second-order valence-electron chi connectivity index (χ2n) is 6.19. The minimum atomic E-state index is -0.447. The van der Waals surface area contributed by atoms with Gasteiger partial charge < -0.3 is 15.1 Å². The van der Waals surface area contributed by atoms with Crippen LogP contribution in [0.1, 0.15) is 24.3 Å². The first-order chi connectivity index (χ1) is 12.5. The highest BCUT2D eigenvalue weighted by molar-refractivity contribution is 6.05. The maximum Gasteiger partial charge on any atom is 0.300 e. The van der Waals surface area contributed by atoms with Gasteiger partial charge in [-0.15, -0.1) is 0 Å². The van der Waals surface area contributed by atoms with Gasteiger partial charge in [-0.1, -0.05) is 6.07 Å². The van der Waals surface area contributed by atoms with Gasteiger partial charge in [-0.2, -0.15) is 10.1 Å². The molecule has 0 aliphatic rings. The number of para-hydroxylation sites is 1. The van der Waals surface area contributed by atoms with Crippen LogP contribution in [0.25, 0.3) is 22.0 Å². The van der Waals surface area contributed by atoms with Crippen molar-refractivity contribution in [2.45, 2.75) is 19.9 Å². The number of hydrogen-bond donors (Lipinski definition) is 3. The van der Waals surface area contributed by atoms with Gasteiger partial charge in [0.05, 0.1) is 5.52 Å². The number of H-pyrrole nitrogens is 1. The summed E-state index contributed by atoms with van der Waals surface area (Å²) in [7, 11) is 0. The molecular weight excluding hydrogens is 337 g/mol. The van der Waals surface area contributed by atoms with E-state index in [2.05, 4.69) is 25.8 Å². The van der Waals surface area contributed by atoms with E-state index in [0.29, 0.717) is 22.4 Å². The van der Waals surface area contributed by atoms with Gasteiger partial charge >= 0.3 is 0 Å². The summed E-state index contributed by atoms with van der Waals surface area (Å²) in [5.41, 5.74) is 2.20. The molecule has 0 fully saturated rings. The number of halogens is 1. The van der Waals surface area contributed by atoms with Crippen LogP contribution in [0.15, 0.2) is 40.8 Å². The quantitative estimate of drug-likeness (QED) is 0.520. The normalized spacial score (nSPS) is 11.4. The van der Waals surface area contributed by atoms with Crippen LogP contribution in [0.3, 0.4) is 0 Å². The third-order valence-corrected chi connectivity index (χ3v) is 3.82. The third-order valence-electron chi connectivity index (χ3n) is 3.82. The number of rotatable bonds is 4. The van der Waals surface area contributed by atoms with Crippen LogP contribution >= 0.6 is 0 Å². The molecule has 2 heterocycles. The lowest BCUT2D eigenvalue weighted by molar-refractivity contribution is 0.0939. The first-order valence-electron chi connectivity index (χ1n) is 8.12. The van der Waals surface area contributed by atoms with Gasteiger partial charge in [0.25, 0.3) is 11.9 Å². The number of anilines is 2. The maximum absolute atomic E-state index is 13.7. The molecule has 0 atom stereocenters. The zero-order valence-corrected chi connectivity index (χ0v) is 14.1. The Balaban J connectivity index is 1.68. The SMILES string of the molecule is CC(C)NC(=O)c1n[nH]c2ccc(Nc3nc4c(F)cccc4o3)cc12. The van der Waals surface area contributed by atoms with Gasteiger partial charge in [0, 0.05) is 17.1 Å². The Kier molecular flexibility index (Phi) is 3.80.